The second kappa shape index (κ2) is 9.06. The molecule has 122 valence electrons. The van der Waals surface area contributed by atoms with Crippen molar-refractivity contribution in [2.45, 2.75) is 19.9 Å². The van der Waals surface area contributed by atoms with E-state index < -0.39 is 0 Å². The van der Waals surface area contributed by atoms with Gasteiger partial charge in [0.25, 0.3) is 0 Å². The predicted molar refractivity (Wildman–Crippen MR) is 93.0 cm³/mol. The molecule has 2 aromatic rings. The smallest absolute Gasteiger partial charge is 0.315 e. The van der Waals surface area contributed by atoms with Gasteiger partial charge in [-0.1, -0.05) is 48.9 Å². The molecule has 0 aliphatic carbocycles. The molecule has 2 aromatic carbocycles. The minimum Gasteiger partial charge on any atom is -0.491 e. The molecular weight excluding hydrogens is 312 g/mol. The summed E-state index contributed by atoms with van der Waals surface area (Å²) in [6.07, 6.45) is 0.922. The molecule has 2 rings (SSSR count). The van der Waals surface area contributed by atoms with Gasteiger partial charge in [0.05, 0.1) is 6.54 Å². The number of rotatable bonds is 7. The molecule has 0 saturated heterocycles. The van der Waals surface area contributed by atoms with Crippen LogP contribution in [0.5, 0.6) is 5.75 Å². The summed E-state index contributed by atoms with van der Waals surface area (Å²) in [6, 6.07) is 15.1. The van der Waals surface area contributed by atoms with Crippen molar-refractivity contribution in [3.63, 3.8) is 0 Å². The maximum atomic E-state index is 11.7. The van der Waals surface area contributed by atoms with E-state index in [0.29, 0.717) is 24.7 Å². The number of carbonyl (C=O) groups is 1. The van der Waals surface area contributed by atoms with Gasteiger partial charge in [-0.05, 0) is 35.7 Å². The summed E-state index contributed by atoms with van der Waals surface area (Å²) in [7, 11) is 0. The lowest BCUT2D eigenvalue weighted by Gasteiger charge is -2.11. The van der Waals surface area contributed by atoms with Gasteiger partial charge in [-0.25, -0.2) is 4.79 Å². The summed E-state index contributed by atoms with van der Waals surface area (Å²) in [5.74, 6) is 0.873. The van der Waals surface area contributed by atoms with Gasteiger partial charge in [0.15, 0.2) is 0 Å². The van der Waals surface area contributed by atoms with Gasteiger partial charge in [-0.15, -0.1) is 0 Å². The normalized spacial score (nSPS) is 10.2. The number of para-hydroxylation sites is 1. The minimum atomic E-state index is -0.215. The highest BCUT2D eigenvalue weighted by Gasteiger charge is 2.02. The number of carbonyl (C=O) groups excluding carboxylic acids is 1. The number of ether oxygens (including phenoxy) is 1. The van der Waals surface area contributed by atoms with Crippen LogP contribution in [0.25, 0.3) is 0 Å². The summed E-state index contributed by atoms with van der Waals surface area (Å²) in [6.45, 7) is 3.43. The number of halogens is 1. The van der Waals surface area contributed by atoms with Gasteiger partial charge in [0.2, 0.25) is 0 Å². The second-order valence-electron chi connectivity index (χ2n) is 5.05. The summed E-state index contributed by atoms with van der Waals surface area (Å²) < 4.78 is 5.70. The quantitative estimate of drug-likeness (QED) is 0.758. The highest BCUT2D eigenvalue weighted by Crippen LogP contribution is 2.17. The van der Waals surface area contributed by atoms with E-state index in [0.717, 1.165) is 17.7 Å². The van der Waals surface area contributed by atoms with Gasteiger partial charge >= 0.3 is 6.03 Å². The Balaban J connectivity index is 1.66. The summed E-state index contributed by atoms with van der Waals surface area (Å²) in [5.41, 5.74) is 2.16. The van der Waals surface area contributed by atoms with Crippen molar-refractivity contribution < 1.29 is 9.53 Å². The molecule has 2 amide bonds. The second-order valence-corrected chi connectivity index (χ2v) is 5.48. The number of hydrogen-bond donors (Lipinski definition) is 2. The molecule has 0 heterocycles. The molecule has 2 N–H and O–H groups in total. The fourth-order valence-corrected chi connectivity index (χ4v) is 2.24. The van der Waals surface area contributed by atoms with Crippen LogP contribution in [0.4, 0.5) is 4.79 Å². The van der Waals surface area contributed by atoms with Crippen molar-refractivity contribution >= 4 is 17.6 Å². The molecule has 0 aromatic heterocycles. The Morgan fingerprint density at radius 3 is 2.57 bits per heavy atom. The number of aryl methyl sites for hydroxylation is 1. The first-order valence-corrected chi connectivity index (χ1v) is 8.03. The fourth-order valence-electron chi connectivity index (χ4n) is 2.11. The molecule has 5 heteroatoms. The molecule has 4 nitrogen and oxygen atoms in total. The van der Waals surface area contributed by atoms with E-state index in [9.17, 15) is 4.79 Å². The van der Waals surface area contributed by atoms with Crippen molar-refractivity contribution in [3.05, 3.63) is 64.7 Å². The Bertz CT molecular complexity index is 629. The number of urea groups is 1. The first-order valence-electron chi connectivity index (χ1n) is 7.66. The molecule has 0 fully saturated rings. The molecular formula is C18H21ClN2O2. The lowest BCUT2D eigenvalue weighted by Crippen LogP contribution is -2.37. The summed E-state index contributed by atoms with van der Waals surface area (Å²) in [4.78, 5) is 11.7. The number of benzene rings is 2. The van der Waals surface area contributed by atoms with Gasteiger partial charge in [0, 0.05) is 11.6 Å². The van der Waals surface area contributed by atoms with Gasteiger partial charge in [0.1, 0.15) is 12.4 Å². The van der Waals surface area contributed by atoms with Crippen molar-refractivity contribution in [1.82, 2.24) is 10.6 Å². The third-order valence-electron chi connectivity index (χ3n) is 3.37. The topological polar surface area (TPSA) is 50.4 Å². The average molecular weight is 333 g/mol. The van der Waals surface area contributed by atoms with E-state index in [4.69, 9.17) is 16.3 Å². The third kappa shape index (κ3) is 5.83. The van der Waals surface area contributed by atoms with E-state index in [1.165, 1.54) is 5.56 Å². The van der Waals surface area contributed by atoms with Crippen LogP contribution in [0.15, 0.2) is 48.5 Å². The Morgan fingerprint density at radius 2 is 1.83 bits per heavy atom. The molecule has 0 atom stereocenters. The Morgan fingerprint density at radius 1 is 1.09 bits per heavy atom. The monoisotopic (exact) mass is 332 g/mol. The van der Waals surface area contributed by atoms with Crippen LogP contribution < -0.4 is 15.4 Å². The molecule has 0 radical (unpaired) electrons. The van der Waals surface area contributed by atoms with E-state index in [1.54, 1.807) is 12.1 Å². The zero-order valence-electron chi connectivity index (χ0n) is 13.1. The van der Waals surface area contributed by atoms with Crippen molar-refractivity contribution in [2.75, 3.05) is 13.2 Å². The lowest BCUT2D eigenvalue weighted by atomic mass is 10.1. The standard InChI is InChI=1S/C18H21ClN2O2/c1-2-15-5-3-4-6-17(15)23-12-11-20-18(22)21-13-14-7-9-16(19)10-8-14/h3-10H,2,11-13H2,1H3,(H2,20,21,22). The molecule has 0 aliphatic rings. The third-order valence-corrected chi connectivity index (χ3v) is 3.62. The van der Waals surface area contributed by atoms with Crippen molar-refractivity contribution in [1.29, 1.82) is 0 Å². The first kappa shape index (κ1) is 17.2. The van der Waals surface area contributed by atoms with Gasteiger partial charge in [-0.3, -0.25) is 0 Å². The van der Waals surface area contributed by atoms with Crippen LogP contribution in [0.2, 0.25) is 5.02 Å². The maximum Gasteiger partial charge on any atom is 0.315 e. The largest absolute Gasteiger partial charge is 0.491 e. The Kier molecular flexibility index (Phi) is 6.76. The van der Waals surface area contributed by atoms with Gasteiger partial charge in [-0.2, -0.15) is 0 Å². The van der Waals surface area contributed by atoms with Crippen LogP contribution in [-0.2, 0) is 13.0 Å². The van der Waals surface area contributed by atoms with E-state index in [-0.39, 0.29) is 6.03 Å². The molecule has 0 aliphatic heterocycles. The maximum absolute atomic E-state index is 11.7. The van der Waals surface area contributed by atoms with Crippen molar-refractivity contribution in [3.8, 4) is 5.75 Å². The highest BCUT2D eigenvalue weighted by atomic mass is 35.5. The summed E-state index contributed by atoms with van der Waals surface area (Å²) >= 11 is 5.82. The fraction of sp³-hybridized carbons (Fsp3) is 0.278. The molecule has 0 spiro atoms. The van der Waals surface area contributed by atoms with Crippen LogP contribution >= 0.6 is 11.6 Å². The van der Waals surface area contributed by atoms with E-state index >= 15 is 0 Å². The average Bonchev–Trinajstić information content (AvgIpc) is 2.58. The van der Waals surface area contributed by atoms with E-state index in [1.807, 2.05) is 36.4 Å². The highest BCUT2D eigenvalue weighted by molar-refractivity contribution is 6.30. The number of amides is 2. The number of nitrogens with one attached hydrogen (secondary N) is 2. The molecule has 23 heavy (non-hydrogen) atoms. The Hall–Kier alpha value is -2.20. The summed E-state index contributed by atoms with van der Waals surface area (Å²) in [5, 5.41) is 6.24. The van der Waals surface area contributed by atoms with E-state index in [2.05, 4.69) is 17.6 Å². The SMILES string of the molecule is CCc1ccccc1OCCNC(=O)NCc1ccc(Cl)cc1. The molecule has 0 bridgehead atoms. The van der Waals surface area contributed by atoms with Crippen LogP contribution in [0.3, 0.4) is 0 Å². The van der Waals surface area contributed by atoms with Crippen LogP contribution in [-0.4, -0.2) is 19.2 Å². The van der Waals surface area contributed by atoms with Crippen LogP contribution in [0.1, 0.15) is 18.1 Å². The zero-order valence-corrected chi connectivity index (χ0v) is 13.9. The van der Waals surface area contributed by atoms with Crippen LogP contribution in [0, 0.1) is 0 Å². The zero-order chi connectivity index (χ0) is 16.5. The number of hydrogen-bond acceptors (Lipinski definition) is 2. The first-order chi connectivity index (χ1) is 11.2. The predicted octanol–water partition coefficient (Wildman–Crippen LogP) is 3.78. The van der Waals surface area contributed by atoms with Gasteiger partial charge < -0.3 is 15.4 Å². The molecule has 0 unspecified atom stereocenters. The van der Waals surface area contributed by atoms with Crippen molar-refractivity contribution in [2.24, 2.45) is 0 Å². The minimum absolute atomic E-state index is 0.215. The molecule has 0 saturated carbocycles. The lowest BCUT2D eigenvalue weighted by molar-refractivity contribution is 0.236. The Labute approximate surface area is 141 Å².